The number of aromatic carboxylic acids is 1. The second kappa shape index (κ2) is 8.10. The first kappa shape index (κ1) is 19.8. The third kappa shape index (κ3) is 3.96. The normalized spacial score (nSPS) is 23.4. The van der Waals surface area contributed by atoms with Gasteiger partial charge in [-0.1, -0.05) is 0 Å². The van der Waals surface area contributed by atoms with Gasteiger partial charge in [-0.15, -0.1) is 11.3 Å². The van der Waals surface area contributed by atoms with Gasteiger partial charge in [-0.2, -0.15) is 0 Å². The van der Waals surface area contributed by atoms with E-state index < -0.39 is 11.6 Å². The third-order valence-electron chi connectivity index (χ3n) is 6.31. The van der Waals surface area contributed by atoms with Crippen molar-refractivity contribution in [3.63, 3.8) is 0 Å². The maximum Gasteiger partial charge on any atom is 0.345 e. The molecule has 0 unspecified atom stereocenters. The highest BCUT2D eigenvalue weighted by atomic mass is 32.1. The smallest absolute Gasteiger partial charge is 0.345 e. The molecular weight excluding hydrogens is 378 g/mol. The summed E-state index contributed by atoms with van der Waals surface area (Å²) >= 11 is 1.37. The van der Waals surface area contributed by atoms with Crippen molar-refractivity contribution in [2.45, 2.75) is 31.3 Å². The maximum atomic E-state index is 12.8. The second-order valence-corrected chi connectivity index (χ2v) is 9.30. The first-order valence-corrected chi connectivity index (χ1v) is 11.0. The summed E-state index contributed by atoms with van der Waals surface area (Å²) < 4.78 is 6.19. The molecule has 0 bridgehead atoms. The van der Waals surface area contributed by atoms with E-state index in [1.54, 1.807) is 6.07 Å². The van der Waals surface area contributed by atoms with Gasteiger partial charge in [-0.3, -0.25) is 9.69 Å². The average molecular weight is 408 g/mol. The van der Waals surface area contributed by atoms with E-state index in [0.717, 1.165) is 62.3 Å². The van der Waals surface area contributed by atoms with Crippen molar-refractivity contribution in [3.05, 3.63) is 21.4 Å². The SMILES string of the molecule is CN1CCCN(CC(=O)N2CCC3(CC2)OCCc2sc(C(=O)O)cc23)CC1. The van der Waals surface area contributed by atoms with E-state index in [9.17, 15) is 14.7 Å². The molecule has 154 valence electrons. The van der Waals surface area contributed by atoms with Crippen LogP contribution in [0.15, 0.2) is 6.07 Å². The first-order chi connectivity index (χ1) is 13.5. The number of carboxylic acid groups (broad SMARTS) is 1. The molecule has 28 heavy (non-hydrogen) atoms. The standard InChI is InChI=1S/C20H29N3O4S/c1-21-6-2-7-22(11-10-21)14-18(24)23-8-4-20(5-9-23)15-13-17(19(25)26)28-16(15)3-12-27-20/h13H,2-12,14H2,1H3,(H,25,26). The molecule has 4 heterocycles. The maximum absolute atomic E-state index is 12.8. The van der Waals surface area contributed by atoms with Gasteiger partial charge < -0.3 is 19.6 Å². The molecule has 3 aliphatic heterocycles. The van der Waals surface area contributed by atoms with Gasteiger partial charge in [0.2, 0.25) is 5.91 Å². The molecule has 0 aromatic carbocycles. The predicted molar refractivity (Wildman–Crippen MR) is 107 cm³/mol. The summed E-state index contributed by atoms with van der Waals surface area (Å²) in [4.78, 5) is 32.3. The number of carbonyl (C=O) groups excluding carboxylic acids is 1. The Morgan fingerprint density at radius 3 is 2.71 bits per heavy atom. The van der Waals surface area contributed by atoms with E-state index in [1.807, 2.05) is 4.90 Å². The van der Waals surface area contributed by atoms with Crippen LogP contribution in [0.2, 0.25) is 0 Å². The molecule has 0 saturated carbocycles. The average Bonchev–Trinajstić information content (AvgIpc) is 3.03. The van der Waals surface area contributed by atoms with Crippen LogP contribution in [0.5, 0.6) is 0 Å². The number of piperidine rings is 1. The molecule has 7 nitrogen and oxygen atoms in total. The van der Waals surface area contributed by atoms with Gasteiger partial charge in [0.05, 0.1) is 18.8 Å². The van der Waals surface area contributed by atoms with Gasteiger partial charge in [0.25, 0.3) is 0 Å². The van der Waals surface area contributed by atoms with E-state index in [2.05, 4.69) is 16.8 Å². The zero-order valence-corrected chi connectivity index (χ0v) is 17.3. The molecule has 0 aliphatic carbocycles. The minimum atomic E-state index is -0.870. The van der Waals surface area contributed by atoms with Crippen LogP contribution in [0.4, 0.5) is 0 Å². The molecular formula is C20H29N3O4S. The number of likely N-dealkylation sites (N-methyl/N-ethyl adjacent to an activating group) is 1. The fourth-order valence-corrected chi connectivity index (χ4v) is 5.67. The lowest BCUT2D eigenvalue weighted by molar-refractivity contribution is -0.141. The fourth-order valence-electron chi connectivity index (χ4n) is 4.60. The number of fused-ring (bicyclic) bond motifs is 2. The van der Waals surface area contributed by atoms with Crippen LogP contribution in [-0.2, 0) is 21.6 Å². The fraction of sp³-hybridized carbons (Fsp3) is 0.700. The number of nitrogens with zero attached hydrogens (tertiary/aromatic N) is 3. The van der Waals surface area contributed by atoms with E-state index in [1.165, 1.54) is 11.3 Å². The first-order valence-electron chi connectivity index (χ1n) is 10.2. The minimum Gasteiger partial charge on any atom is -0.477 e. The Kier molecular flexibility index (Phi) is 5.73. The van der Waals surface area contributed by atoms with E-state index in [0.29, 0.717) is 31.1 Å². The van der Waals surface area contributed by atoms with Gasteiger partial charge in [0.15, 0.2) is 0 Å². The number of likely N-dealkylation sites (tertiary alicyclic amines) is 1. The molecule has 2 fully saturated rings. The molecule has 0 atom stereocenters. The summed E-state index contributed by atoms with van der Waals surface area (Å²) in [6.07, 6.45) is 3.36. The van der Waals surface area contributed by atoms with Crippen molar-refractivity contribution < 1.29 is 19.4 Å². The lowest BCUT2D eigenvalue weighted by Crippen LogP contribution is -2.50. The van der Waals surface area contributed by atoms with Gasteiger partial charge in [0, 0.05) is 37.5 Å². The highest BCUT2D eigenvalue weighted by Crippen LogP contribution is 2.44. The Bertz CT molecular complexity index is 742. The summed E-state index contributed by atoms with van der Waals surface area (Å²) in [7, 11) is 2.13. The van der Waals surface area contributed by atoms with Crippen molar-refractivity contribution in [2.75, 3.05) is 59.5 Å². The number of rotatable bonds is 3. The van der Waals surface area contributed by atoms with Crippen LogP contribution < -0.4 is 0 Å². The van der Waals surface area contributed by atoms with Crippen molar-refractivity contribution in [1.29, 1.82) is 0 Å². The number of ether oxygens (including phenoxy) is 1. The molecule has 1 spiro atoms. The molecule has 0 radical (unpaired) electrons. The topological polar surface area (TPSA) is 73.3 Å². The predicted octanol–water partition coefficient (Wildman–Crippen LogP) is 1.47. The zero-order chi connectivity index (χ0) is 19.7. The third-order valence-corrected chi connectivity index (χ3v) is 7.50. The Morgan fingerprint density at radius 1 is 1.18 bits per heavy atom. The zero-order valence-electron chi connectivity index (χ0n) is 16.5. The summed E-state index contributed by atoms with van der Waals surface area (Å²) in [5, 5.41) is 9.34. The van der Waals surface area contributed by atoms with Crippen molar-refractivity contribution >= 4 is 23.2 Å². The molecule has 1 amide bonds. The van der Waals surface area contributed by atoms with Gasteiger partial charge >= 0.3 is 5.97 Å². The Morgan fingerprint density at radius 2 is 1.96 bits per heavy atom. The van der Waals surface area contributed by atoms with E-state index in [4.69, 9.17) is 4.74 Å². The highest BCUT2D eigenvalue weighted by Gasteiger charge is 2.43. The molecule has 4 rings (SSSR count). The Labute approximate surface area is 169 Å². The molecule has 1 N–H and O–H groups in total. The van der Waals surface area contributed by atoms with Crippen LogP contribution in [0.1, 0.15) is 39.4 Å². The lowest BCUT2D eigenvalue weighted by atomic mass is 9.82. The molecule has 1 aromatic heterocycles. The van der Waals surface area contributed by atoms with Crippen molar-refractivity contribution in [1.82, 2.24) is 14.7 Å². The Hall–Kier alpha value is -1.48. The van der Waals surface area contributed by atoms with Crippen LogP contribution in [0.25, 0.3) is 0 Å². The molecule has 3 aliphatic rings. The number of amides is 1. The molecule has 1 aromatic rings. The van der Waals surface area contributed by atoms with Crippen molar-refractivity contribution in [2.24, 2.45) is 0 Å². The summed E-state index contributed by atoms with van der Waals surface area (Å²) in [5.74, 6) is -0.669. The summed E-state index contributed by atoms with van der Waals surface area (Å²) in [5.41, 5.74) is 0.628. The lowest BCUT2D eigenvalue weighted by Gasteiger charge is -2.44. The van der Waals surface area contributed by atoms with Crippen molar-refractivity contribution in [3.8, 4) is 0 Å². The highest BCUT2D eigenvalue weighted by molar-refractivity contribution is 7.14. The van der Waals surface area contributed by atoms with Crippen LogP contribution in [-0.4, -0.2) is 91.2 Å². The number of hydrogen-bond acceptors (Lipinski definition) is 6. The Balaban J connectivity index is 1.38. The quantitative estimate of drug-likeness (QED) is 0.818. The van der Waals surface area contributed by atoms with Crippen LogP contribution in [0, 0.1) is 0 Å². The minimum absolute atomic E-state index is 0.201. The number of carbonyl (C=O) groups is 2. The molecule has 8 heteroatoms. The number of thiophene rings is 1. The van der Waals surface area contributed by atoms with Crippen LogP contribution in [0.3, 0.4) is 0 Å². The monoisotopic (exact) mass is 407 g/mol. The van der Waals surface area contributed by atoms with E-state index in [-0.39, 0.29) is 5.91 Å². The largest absolute Gasteiger partial charge is 0.477 e. The van der Waals surface area contributed by atoms with Gasteiger partial charge in [0.1, 0.15) is 4.88 Å². The number of hydrogen-bond donors (Lipinski definition) is 1. The number of carboxylic acids is 1. The summed E-state index contributed by atoms with van der Waals surface area (Å²) in [6, 6.07) is 1.80. The van der Waals surface area contributed by atoms with Gasteiger partial charge in [-0.25, -0.2) is 4.79 Å². The second-order valence-electron chi connectivity index (χ2n) is 8.16. The van der Waals surface area contributed by atoms with Crippen LogP contribution >= 0.6 is 11.3 Å². The van der Waals surface area contributed by atoms with Gasteiger partial charge in [-0.05, 0) is 51.0 Å². The summed E-state index contributed by atoms with van der Waals surface area (Å²) in [6.45, 7) is 6.49. The molecule has 2 saturated heterocycles. The van der Waals surface area contributed by atoms with E-state index >= 15 is 0 Å².